The molecule has 0 aliphatic rings. The molecule has 1 N–H and O–H groups in total. The van der Waals surface area contributed by atoms with E-state index in [9.17, 15) is 9.90 Å². The Morgan fingerprint density at radius 3 is 2.32 bits per heavy atom. The van der Waals surface area contributed by atoms with Gasteiger partial charge in [0.05, 0.1) is 13.5 Å². The van der Waals surface area contributed by atoms with E-state index < -0.39 is 0 Å². The van der Waals surface area contributed by atoms with Crippen molar-refractivity contribution in [1.82, 2.24) is 0 Å². The second-order valence-electron chi connectivity index (χ2n) is 4.44. The van der Waals surface area contributed by atoms with Gasteiger partial charge in [0, 0.05) is 0 Å². The molecule has 19 heavy (non-hydrogen) atoms. The van der Waals surface area contributed by atoms with Gasteiger partial charge in [0.2, 0.25) is 0 Å². The highest BCUT2D eigenvalue weighted by molar-refractivity contribution is 5.74. The number of aromatic hydroxyl groups is 1. The molecule has 0 spiro atoms. The fourth-order valence-electron chi connectivity index (χ4n) is 1.96. The maximum absolute atomic E-state index is 11.3. The van der Waals surface area contributed by atoms with E-state index in [0.717, 1.165) is 22.3 Å². The molecule has 0 heterocycles. The predicted octanol–water partition coefficient (Wildman–Crippen LogP) is 3.08. The molecule has 2 aromatic carbocycles. The van der Waals surface area contributed by atoms with E-state index in [4.69, 9.17) is 0 Å². The molecule has 0 bridgehead atoms. The van der Waals surface area contributed by atoms with Gasteiger partial charge in [0.25, 0.3) is 0 Å². The van der Waals surface area contributed by atoms with Crippen LogP contribution < -0.4 is 0 Å². The van der Waals surface area contributed by atoms with Gasteiger partial charge in [-0.05, 0) is 41.3 Å². The molecule has 0 fully saturated rings. The molecule has 0 amide bonds. The standard InChI is InChI=1S/C16H16O3/c1-11-9-14(12-5-7-15(17)8-6-12)4-3-13(11)10-16(18)19-2/h3-9,17H,10H2,1-2H3. The Labute approximate surface area is 112 Å². The average Bonchev–Trinajstić information content (AvgIpc) is 2.41. The van der Waals surface area contributed by atoms with Crippen LogP contribution in [0.5, 0.6) is 5.75 Å². The van der Waals surface area contributed by atoms with E-state index in [2.05, 4.69) is 4.74 Å². The number of benzene rings is 2. The Bertz CT molecular complexity index is 585. The van der Waals surface area contributed by atoms with Crippen LogP contribution in [0.2, 0.25) is 0 Å². The van der Waals surface area contributed by atoms with Crippen LogP contribution in [-0.4, -0.2) is 18.2 Å². The second kappa shape index (κ2) is 5.57. The third-order valence-electron chi connectivity index (χ3n) is 3.11. The van der Waals surface area contributed by atoms with Crippen LogP contribution in [0.25, 0.3) is 11.1 Å². The lowest BCUT2D eigenvalue weighted by atomic mass is 9.98. The summed E-state index contributed by atoms with van der Waals surface area (Å²) in [5.41, 5.74) is 4.11. The first kappa shape index (κ1) is 13.1. The quantitative estimate of drug-likeness (QED) is 0.858. The molecular formula is C16H16O3. The SMILES string of the molecule is COC(=O)Cc1ccc(-c2ccc(O)cc2)cc1C. The molecule has 0 aliphatic heterocycles. The van der Waals surface area contributed by atoms with E-state index >= 15 is 0 Å². The van der Waals surface area contributed by atoms with E-state index in [1.165, 1.54) is 7.11 Å². The summed E-state index contributed by atoms with van der Waals surface area (Å²) in [7, 11) is 1.39. The highest BCUT2D eigenvalue weighted by atomic mass is 16.5. The topological polar surface area (TPSA) is 46.5 Å². The van der Waals surface area contributed by atoms with Gasteiger partial charge in [-0.25, -0.2) is 0 Å². The van der Waals surface area contributed by atoms with Crippen molar-refractivity contribution in [1.29, 1.82) is 0 Å². The van der Waals surface area contributed by atoms with E-state index in [-0.39, 0.29) is 18.1 Å². The van der Waals surface area contributed by atoms with Crippen molar-refractivity contribution >= 4 is 5.97 Å². The first-order chi connectivity index (χ1) is 9.10. The maximum atomic E-state index is 11.3. The number of rotatable bonds is 3. The smallest absolute Gasteiger partial charge is 0.309 e. The zero-order valence-electron chi connectivity index (χ0n) is 11.0. The lowest BCUT2D eigenvalue weighted by molar-refractivity contribution is -0.139. The number of esters is 1. The number of hydrogen-bond donors (Lipinski definition) is 1. The number of carbonyl (C=O) groups is 1. The van der Waals surface area contributed by atoms with Crippen molar-refractivity contribution in [2.45, 2.75) is 13.3 Å². The van der Waals surface area contributed by atoms with Crippen LogP contribution in [0, 0.1) is 6.92 Å². The van der Waals surface area contributed by atoms with E-state index in [1.807, 2.05) is 37.3 Å². The summed E-state index contributed by atoms with van der Waals surface area (Å²) >= 11 is 0. The monoisotopic (exact) mass is 256 g/mol. The van der Waals surface area contributed by atoms with Crippen LogP contribution in [-0.2, 0) is 16.0 Å². The molecule has 2 rings (SSSR count). The fraction of sp³-hybridized carbons (Fsp3) is 0.188. The fourth-order valence-corrected chi connectivity index (χ4v) is 1.96. The first-order valence-corrected chi connectivity index (χ1v) is 6.06. The highest BCUT2D eigenvalue weighted by Gasteiger charge is 2.07. The van der Waals surface area contributed by atoms with Crippen molar-refractivity contribution in [3.63, 3.8) is 0 Å². The Hall–Kier alpha value is -2.29. The minimum absolute atomic E-state index is 0.236. The minimum atomic E-state index is -0.236. The Morgan fingerprint density at radius 2 is 1.74 bits per heavy atom. The van der Waals surface area contributed by atoms with Gasteiger partial charge < -0.3 is 9.84 Å². The molecule has 0 unspecified atom stereocenters. The van der Waals surface area contributed by atoms with Crippen molar-refractivity contribution in [3.8, 4) is 16.9 Å². The van der Waals surface area contributed by atoms with Gasteiger partial charge in [0.15, 0.2) is 0 Å². The first-order valence-electron chi connectivity index (χ1n) is 6.06. The molecule has 0 saturated carbocycles. The molecule has 3 heteroatoms. The number of aryl methyl sites for hydroxylation is 1. The number of phenolic OH excluding ortho intramolecular Hbond substituents is 1. The molecule has 0 aliphatic carbocycles. The highest BCUT2D eigenvalue weighted by Crippen LogP contribution is 2.24. The summed E-state index contributed by atoms with van der Waals surface area (Å²) in [4.78, 5) is 11.3. The largest absolute Gasteiger partial charge is 0.508 e. The number of ether oxygens (including phenoxy) is 1. The Balaban J connectivity index is 2.28. The zero-order valence-corrected chi connectivity index (χ0v) is 11.0. The van der Waals surface area contributed by atoms with Gasteiger partial charge in [-0.3, -0.25) is 4.79 Å². The summed E-state index contributed by atoms with van der Waals surface area (Å²) in [6.45, 7) is 1.97. The van der Waals surface area contributed by atoms with Crippen LogP contribution >= 0.6 is 0 Å². The molecule has 2 aromatic rings. The van der Waals surface area contributed by atoms with Gasteiger partial charge >= 0.3 is 5.97 Å². The van der Waals surface area contributed by atoms with Gasteiger partial charge in [-0.1, -0.05) is 30.3 Å². The summed E-state index contributed by atoms with van der Waals surface area (Å²) in [6.07, 6.45) is 0.290. The molecule has 0 atom stereocenters. The average molecular weight is 256 g/mol. The lowest BCUT2D eigenvalue weighted by Gasteiger charge is -2.08. The summed E-state index contributed by atoms with van der Waals surface area (Å²) in [5, 5.41) is 9.28. The summed E-state index contributed by atoms with van der Waals surface area (Å²) in [5.74, 6) is 0.0169. The van der Waals surface area contributed by atoms with Crippen LogP contribution in [0.1, 0.15) is 11.1 Å². The number of hydrogen-bond acceptors (Lipinski definition) is 3. The Morgan fingerprint density at radius 1 is 1.11 bits per heavy atom. The van der Waals surface area contributed by atoms with Crippen molar-refractivity contribution < 1.29 is 14.6 Å². The van der Waals surface area contributed by atoms with Crippen LogP contribution in [0.15, 0.2) is 42.5 Å². The van der Waals surface area contributed by atoms with Crippen molar-refractivity contribution in [2.75, 3.05) is 7.11 Å². The summed E-state index contributed by atoms with van der Waals surface area (Å²) in [6, 6.07) is 13.0. The third kappa shape index (κ3) is 3.13. The molecule has 0 aromatic heterocycles. The van der Waals surface area contributed by atoms with Crippen LogP contribution in [0.3, 0.4) is 0 Å². The van der Waals surface area contributed by atoms with Gasteiger partial charge in [-0.15, -0.1) is 0 Å². The Kier molecular flexibility index (Phi) is 3.85. The van der Waals surface area contributed by atoms with Gasteiger partial charge in [0.1, 0.15) is 5.75 Å². The lowest BCUT2D eigenvalue weighted by Crippen LogP contribution is -2.05. The predicted molar refractivity (Wildman–Crippen MR) is 74.0 cm³/mol. The van der Waals surface area contributed by atoms with Crippen molar-refractivity contribution in [2.24, 2.45) is 0 Å². The van der Waals surface area contributed by atoms with Gasteiger partial charge in [-0.2, -0.15) is 0 Å². The van der Waals surface area contributed by atoms with Crippen LogP contribution in [0.4, 0.5) is 0 Å². The van der Waals surface area contributed by atoms with Crippen molar-refractivity contribution in [3.05, 3.63) is 53.6 Å². The number of carbonyl (C=O) groups excluding carboxylic acids is 1. The zero-order chi connectivity index (χ0) is 13.8. The number of methoxy groups -OCH3 is 1. The number of phenols is 1. The summed E-state index contributed by atoms with van der Waals surface area (Å²) < 4.78 is 4.67. The third-order valence-corrected chi connectivity index (χ3v) is 3.11. The molecule has 3 nitrogen and oxygen atoms in total. The normalized spacial score (nSPS) is 10.2. The molecule has 0 radical (unpaired) electrons. The molecule has 0 saturated heterocycles. The van der Waals surface area contributed by atoms with E-state index in [0.29, 0.717) is 0 Å². The maximum Gasteiger partial charge on any atom is 0.309 e. The van der Waals surface area contributed by atoms with E-state index in [1.54, 1.807) is 12.1 Å². The molecule has 98 valence electrons. The minimum Gasteiger partial charge on any atom is -0.508 e. The second-order valence-corrected chi connectivity index (χ2v) is 4.44. The molecular weight excluding hydrogens is 240 g/mol.